The highest BCUT2D eigenvalue weighted by atomic mass is 35.5. The third kappa shape index (κ3) is 3.17. The standard InChI is InChI=1S/C16H16ClN3O/c1-20-8-7-18-16(20)15(14-6-3-9-21-14)19-11-12-4-2-5-13(17)10-12/h2-10,15,19H,11H2,1H3. The van der Waals surface area contributed by atoms with Crippen molar-refractivity contribution in [1.29, 1.82) is 0 Å². The minimum Gasteiger partial charge on any atom is -0.467 e. The minimum atomic E-state index is -0.0982. The number of furan rings is 1. The van der Waals surface area contributed by atoms with Crippen molar-refractivity contribution < 1.29 is 4.42 Å². The summed E-state index contributed by atoms with van der Waals surface area (Å²) in [5.41, 5.74) is 1.12. The first-order valence-corrected chi connectivity index (χ1v) is 7.10. The van der Waals surface area contributed by atoms with Gasteiger partial charge in [0.25, 0.3) is 0 Å². The molecule has 1 aromatic carbocycles. The monoisotopic (exact) mass is 301 g/mol. The molecule has 3 aromatic rings. The number of imidazole rings is 1. The predicted molar refractivity (Wildman–Crippen MR) is 82.1 cm³/mol. The lowest BCUT2D eigenvalue weighted by Gasteiger charge is -2.16. The lowest BCUT2D eigenvalue weighted by atomic mass is 10.1. The Kier molecular flexibility index (Phi) is 4.08. The quantitative estimate of drug-likeness (QED) is 0.784. The van der Waals surface area contributed by atoms with Gasteiger partial charge >= 0.3 is 0 Å². The highest BCUT2D eigenvalue weighted by molar-refractivity contribution is 6.30. The van der Waals surface area contributed by atoms with E-state index in [1.165, 1.54) is 0 Å². The van der Waals surface area contributed by atoms with Gasteiger partial charge in [0.15, 0.2) is 0 Å². The summed E-state index contributed by atoms with van der Waals surface area (Å²) in [4.78, 5) is 4.42. The molecule has 21 heavy (non-hydrogen) atoms. The summed E-state index contributed by atoms with van der Waals surface area (Å²) >= 11 is 6.02. The second-order valence-electron chi connectivity index (χ2n) is 4.86. The number of benzene rings is 1. The number of aryl methyl sites for hydroxylation is 1. The van der Waals surface area contributed by atoms with Crippen LogP contribution in [0, 0.1) is 0 Å². The lowest BCUT2D eigenvalue weighted by Crippen LogP contribution is -2.24. The molecule has 0 saturated carbocycles. The van der Waals surface area contributed by atoms with Gasteiger partial charge in [0.1, 0.15) is 17.6 Å². The summed E-state index contributed by atoms with van der Waals surface area (Å²) < 4.78 is 7.53. The molecule has 108 valence electrons. The van der Waals surface area contributed by atoms with Crippen molar-refractivity contribution in [2.24, 2.45) is 7.05 Å². The highest BCUT2D eigenvalue weighted by Crippen LogP contribution is 2.21. The molecule has 5 heteroatoms. The molecule has 0 amide bonds. The van der Waals surface area contributed by atoms with Crippen molar-refractivity contribution in [3.05, 3.63) is 77.2 Å². The van der Waals surface area contributed by atoms with Crippen LogP contribution in [0.4, 0.5) is 0 Å². The summed E-state index contributed by atoms with van der Waals surface area (Å²) in [5, 5.41) is 4.21. The molecule has 0 spiro atoms. The van der Waals surface area contributed by atoms with Gasteiger partial charge in [-0.2, -0.15) is 0 Å². The van der Waals surface area contributed by atoms with Gasteiger partial charge in [-0.1, -0.05) is 23.7 Å². The molecule has 0 aliphatic rings. The van der Waals surface area contributed by atoms with Crippen molar-refractivity contribution in [2.45, 2.75) is 12.6 Å². The van der Waals surface area contributed by atoms with E-state index in [1.54, 1.807) is 12.5 Å². The van der Waals surface area contributed by atoms with Crippen LogP contribution < -0.4 is 5.32 Å². The molecule has 1 N–H and O–H groups in total. The van der Waals surface area contributed by atoms with Gasteiger partial charge in [0, 0.05) is 31.0 Å². The van der Waals surface area contributed by atoms with E-state index < -0.39 is 0 Å². The van der Waals surface area contributed by atoms with E-state index in [-0.39, 0.29) is 6.04 Å². The maximum atomic E-state index is 6.02. The van der Waals surface area contributed by atoms with E-state index in [2.05, 4.69) is 10.3 Å². The van der Waals surface area contributed by atoms with Gasteiger partial charge in [0.05, 0.1) is 6.26 Å². The van der Waals surface area contributed by atoms with Crippen LogP contribution in [0.15, 0.2) is 59.5 Å². The molecule has 0 fully saturated rings. The Morgan fingerprint density at radius 3 is 2.90 bits per heavy atom. The van der Waals surface area contributed by atoms with Crippen LogP contribution in [-0.4, -0.2) is 9.55 Å². The van der Waals surface area contributed by atoms with Crippen LogP contribution >= 0.6 is 11.6 Å². The Hall–Kier alpha value is -2.04. The average molecular weight is 302 g/mol. The van der Waals surface area contributed by atoms with Crippen LogP contribution in [0.2, 0.25) is 5.02 Å². The van der Waals surface area contributed by atoms with E-state index in [1.807, 2.05) is 54.2 Å². The first kappa shape index (κ1) is 13.9. The highest BCUT2D eigenvalue weighted by Gasteiger charge is 2.20. The van der Waals surface area contributed by atoms with Gasteiger partial charge in [-0.15, -0.1) is 0 Å². The van der Waals surface area contributed by atoms with Crippen molar-refractivity contribution >= 4 is 11.6 Å². The lowest BCUT2D eigenvalue weighted by molar-refractivity contribution is 0.429. The smallest absolute Gasteiger partial charge is 0.133 e. The zero-order valence-electron chi connectivity index (χ0n) is 11.7. The predicted octanol–water partition coefficient (Wildman–Crippen LogP) is 3.55. The first-order chi connectivity index (χ1) is 10.2. The Labute approximate surface area is 128 Å². The fourth-order valence-electron chi connectivity index (χ4n) is 2.30. The Morgan fingerprint density at radius 1 is 1.33 bits per heavy atom. The van der Waals surface area contributed by atoms with Gasteiger partial charge in [-0.25, -0.2) is 4.98 Å². The Bertz CT molecular complexity index is 706. The molecule has 0 radical (unpaired) electrons. The largest absolute Gasteiger partial charge is 0.467 e. The van der Waals surface area contributed by atoms with Gasteiger partial charge in [0.2, 0.25) is 0 Å². The second-order valence-corrected chi connectivity index (χ2v) is 5.29. The molecule has 2 aromatic heterocycles. The third-order valence-corrected chi connectivity index (χ3v) is 3.58. The molecule has 0 aliphatic heterocycles. The van der Waals surface area contributed by atoms with Crippen molar-refractivity contribution in [3.8, 4) is 0 Å². The van der Waals surface area contributed by atoms with Crippen LogP contribution in [0.25, 0.3) is 0 Å². The van der Waals surface area contributed by atoms with Gasteiger partial charge in [-0.05, 0) is 29.8 Å². The third-order valence-electron chi connectivity index (χ3n) is 3.34. The molecule has 0 aliphatic carbocycles. The topological polar surface area (TPSA) is 43.0 Å². The molecule has 0 saturated heterocycles. The summed E-state index contributed by atoms with van der Waals surface area (Å²) in [7, 11) is 1.97. The normalized spacial score (nSPS) is 12.5. The number of halogens is 1. The molecule has 2 heterocycles. The average Bonchev–Trinajstić information content (AvgIpc) is 3.12. The van der Waals surface area contributed by atoms with Crippen LogP contribution in [0.5, 0.6) is 0 Å². The summed E-state index contributed by atoms with van der Waals surface area (Å²) in [6, 6.07) is 11.5. The number of nitrogens with one attached hydrogen (secondary N) is 1. The number of hydrogen-bond acceptors (Lipinski definition) is 3. The SMILES string of the molecule is Cn1ccnc1C(NCc1cccc(Cl)c1)c1ccco1. The molecule has 4 nitrogen and oxygen atoms in total. The van der Waals surface area contributed by atoms with Crippen molar-refractivity contribution in [2.75, 3.05) is 0 Å². The van der Waals surface area contributed by atoms with Gasteiger partial charge in [-0.3, -0.25) is 5.32 Å². The zero-order chi connectivity index (χ0) is 14.7. The van der Waals surface area contributed by atoms with Crippen molar-refractivity contribution in [1.82, 2.24) is 14.9 Å². The van der Waals surface area contributed by atoms with Crippen LogP contribution in [-0.2, 0) is 13.6 Å². The molecule has 3 rings (SSSR count). The number of rotatable bonds is 5. The Morgan fingerprint density at radius 2 is 2.24 bits per heavy atom. The van der Waals surface area contributed by atoms with E-state index >= 15 is 0 Å². The Balaban J connectivity index is 1.82. The number of nitrogens with zero attached hydrogens (tertiary/aromatic N) is 2. The molecule has 1 unspecified atom stereocenters. The molecular formula is C16H16ClN3O. The summed E-state index contributed by atoms with van der Waals surface area (Å²) in [5.74, 6) is 1.75. The van der Waals surface area contributed by atoms with Crippen molar-refractivity contribution in [3.63, 3.8) is 0 Å². The number of aromatic nitrogens is 2. The van der Waals surface area contributed by atoms with E-state index in [9.17, 15) is 0 Å². The molecular weight excluding hydrogens is 286 g/mol. The zero-order valence-corrected chi connectivity index (χ0v) is 12.4. The molecule has 0 bridgehead atoms. The first-order valence-electron chi connectivity index (χ1n) is 6.72. The van der Waals surface area contributed by atoms with Crippen LogP contribution in [0.3, 0.4) is 0 Å². The van der Waals surface area contributed by atoms with E-state index in [0.29, 0.717) is 6.54 Å². The van der Waals surface area contributed by atoms with Crippen LogP contribution in [0.1, 0.15) is 23.2 Å². The maximum Gasteiger partial charge on any atom is 0.133 e. The van der Waals surface area contributed by atoms with E-state index in [4.69, 9.17) is 16.0 Å². The summed E-state index contributed by atoms with van der Waals surface area (Å²) in [6.45, 7) is 0.679. The fourth-order valence-corrected chi connectivity index (χ4v) is 2.51. The maximum absolute atomic E-state index is 6.02. The van der Waals surface area contributed by atoms with Gasteiger partial charge < -0.3 is 8.98 Å². The second kappa shape index (κ2) is 6.16. The fraction of sp³-hybridized carbons (Fsp3) is 0.188. The number of hydrogen-bond donors (Lipinski definition) is 1. The summed E-state index contributed by atoms with van der Waals surface area (Å²) in [6.07, 6.45) is 5.38. The van der Waals surface area contributed by atoms with E-state index in [0.717, 1.165) is 22.2 Å². The molecule has 1 atom stereocenters. The minimum absolute atomic E-state index is 0.0982.